The second kappa shape index (κ2) is 9.09. The van der Waals surface area contributed by atoms with Crippen LogP contribution in [0.3, 0.4) is 0 Å². The monoisotopic (exact) mass is 499 g/mol. The van der Waals surface area contributed by atoms with Crippen molar-refractivity contribution in [2.24, 2.45) is 0 Å². The molecule has 1 aliphatic rings. The smallest absolute Gasteiger partial charge is 0.306 e. The summed E-state index contributed by atoms with van der Waals surface area (Å²) in [6, 6.07) is 0. The topological polar surface area (TPSA) is 29.5 Å². The van der Waals surface area contributed by atoms with E-state index >= 15 is 0 Å². The van der Waals surface area contributed by atoms with Crippen LogP contribution in [0.15, 0.2) is 0 Å². The van der Waals surface area contributed by atoms with Crippen molar-refractivity contribution in [2.75, 3.05) is 20.1 Å². The van der Waals surface area contributed by atoms with Crippen molar-refractivity contribution in [3.8, 4) is 0 Å². The van der Waals surface area contributed by atoms with Crippen LogP contribution in [-0.2, 0) is 9.74 Å². The standard InChI is InChI=1S/C8HF15O2.C5H11N/c9-1(10)3(11,12)5(15,16)7(19,20)8(21,22)6(17,18)4(13,14)2(24)25-23;1-6-4-2-3-5-6/h1H;2-5H2,1H3. The van der Waals surface area contributed by atoms with Gasteiger partial charge in [-0.1, -0.05) is 0 Å². The molecule has 3 nitrogen and oxygen atoms in total. The Bertz CT molecular complexity index is 616. The molecule has 0 N–H and O–H groups in total. The minimum absolute atomic E-state index is 1.32. The van der Waals surface area contributed by atoms with E-state index in [1.54, 1.807) is 0 Å². The van der Waals surface area contributed by atoms with Crippen LogP contribution in [0.25, 0.3) is 0 Å². The molecule has 0 aromatic heterocycles. The lowest BCUT2D eigenvalue weighted by Gasteiger charge is -2.40. The Morgan fingerprint density at radius 3 is 1.35 bits per heavy atom. The Morgan fingerprint density at radius 2 is 1.10 bits per heavy atom. The number of hydrogen-bond acceptors (Lipinski definition) is 3. The molecule has 1 heterocycles. The van der Waals surface area contributed by atoms with Gasteiger partial charge in [-0.25, -0.2) is 18.5 Å². The van der Waals surface area contributed by atoms with E-state index in [2.05, 4.69) is 11.9 Å². The van der Waals surface area contributed by atoms with Gasteiger partial charge in [0.25, 0.3) is 0 Å². The van der Waals surface area contributed by atoms with Crippen molar-refractivity contribution in [1.82, 2.24) is 4.90 Å². The number of rotatable bonds is 7. The number of alkyl halides is 14. The third-order valence-electron chi connectivity index (χ3n) is 3.93. The van der Waals surface area contributed by atoms with E-state index in [0.29, 0.717) is 0 Å². The summed E-state index contributed by atoms with van der Waals surface area (Å²) in [5.41, 5.74) is 0. The lowest BCUT2D eigenvalue weighted by molar-refractivity contribution is -0.430. The molecule has 0 aromatic rings. The SMILES string of the molecule is CN1CCCC1.O=C(OF)C(F)(F)C(F)(F)C(F)(F)C(F)(F)C(F)(F)C(F)(F)C(F)F. The van der Waals surface area contributed by atoms with Crippen LogP contribution in [0, 0.1) is 0 Å². The van der Waals surface area contributed by atoms with Crippen LogP contribution in [0.2, 0.25) is 0 Å². The summed E-state index contributed by atoms with van der Waals surface area (Å²) in [4.78, 5) is 13.7. The van der Waals surface area contributed by atoms with Gasteiger partial charge < -0.3 is 4.90 Å². The van der Waals surface area contributed by atoms with Gasteiger partial charge in [-0.15, -0.1) is 0 Å². The molecular formula is C13H12F15NO2. The zero-order valence-corrected chi connectivity index (χ0v) is 14.8. The first-order chi connectivity index (χ1) is 13.6. The molecule has 0 saturated carbocycles. The average Bonchev–Trinajstić information content (AvgIpc) is 3.11. The fraction of sp³-hybridized carbons (Fsp3) is 0.923. The zero-order chi connectivity index (χ0) is 25.3. The lowest BCUT2D eigenvalue weighted by atomic mass is 9.91. The lowest BCUT2D eigenvalue weighted by Crippen LogP contribution is -2.72. The molecule has 0 radical (unpaired) electrons. The van der Waals surface area contributed by atoms with Gasteiger partial charge in [-0.3, -0.25) is 0 Å². The maximum atomic E-state index is 12.9. The van der Waals surface area contributed by atoms with Crippen molar-refractivity contribution >= 4 is 5.97 Å². The Balaban J connectivity index is 0.00000127. The molecule has 18 heteroatoms. The van der Waals surface area contributed by atoms with Crippen LogP contribution in [0.5, 0.6) is 0 Å². The van der Waals surface area contributed by atoms with Crippen molar-refractivity contribution in [1.29, 1.82) is 0 Å². The summed E-state index contributed by atoms with van der Waals surface area (Å²) in [5, 5.41) is 0. The van der Waals surface area contributed by atoms with Crippen LogP contribution in [-0.4, -0.2) is 73.0 Å². The predicted molar refractivity (Wildman–Crippen MR) is 69.6 cm³/mol. The van der Waals surface area contributed by atoms with Gasteiger partial charge in [0.1, 0.15) is 0 Å². The maximum absolute atomic E-state index is 12.9. The molecule has 0 aliphatic carbocycles. The van der Waals surface area contributed by atoms with Crippen LogP contribution < -0.4 is 0 Å². The quantitative estimate of drug-likeness (QED) is 0.451. The number of carbonyl (C=O) groups is 1. The number of likely N-dealkylation sites (tertiary alicyclic amines) is 1. The van der Waals surface area contributed by atoms with E-state index in [1.807, 2.05) is 0 Å². The molecule has 0 amide bonds. The van der Waals surface area contributed by atoms with Crippen LogP contribution in [0.1, 0.15) is 12.8 Å². The molecule has 0 unspecified atom stereocenters. The summed E-state index contributed by atoms with van der Waals surface area (Å²) in [7, 11) is 2.17. The molecule has 1 aliphatic heterocycles. The molecule has 1 saturated heterocycles. The molecule has 0 spiro atoms. The Labute approximate surface area is 163 Å². The van der Waals surface area contributed by atoms with Crippen LogP contribution >= 0.6 is 0 Å². The van der Waals surface area contributed by atoms with Gasteiger partial charge in [-0.05, 0) is 33.0 Å². The van der Waals surface area contributed by atoms with Gasteiger partial charge in [-0.2, -0.15) is 52.7 Å². The molecule has 31 heavy (non-hydrogen) atoms. The second-order valence-corrected chi connectivity index (χ2v) is 6.17. The first-order valence-corrected chi connectivity index (χ1v) is 7.64. The van der Waals surface area contributed by atoms with Crippen molar-refractivity contribution < 1.29 is 75.7 Å². The van der Waals surface area contributed by atoms with Gasteiger partial charge in [0.2, 0.25) is 0 Å². The minimum Gasteiger partial charge on any atom is -0.306 e. The third-order valence-corrected chi connectivity index (χ3v) is 3.93. The Kier molecular flexibility index (Phi) is 8.61. The number of nitrogens with zero attached hydrogens (tertiary/aromatic N) is 1. The molecule has 0 aromatic carbocycles. The highest BCUT2D eigenvalue weighted by Gasteiger charge is 2.92. The third kappa shape index (κ3) is 4.76. The number of halogens is 15. The number of hydrogen-bond donors (Lipinski definition) is 0. The minimum atomic E-state index is -8.27. The highest BCUT2D eigenvalue weighted by molar-refractivity contribution is 5.78. The van der Waals surface area contributed by atoms with Crippen molar-refractivity contribution in [3.63, 3.8) is 0 Å². The summed E-state index contributed by atoms with van der Waals surface area (Å²) in [6.45, 7) is 2.64. The normalized spacial score (nSPS) is 17.5. The molecule has 1 fully saturated rings. The molecule has 0 atom stereocenters. The van der Waals surface area contributed by atoms with E-state index in [1.165, 1.54) is 30.9 Å². The van der Waals surface area contributed by atoms with Gasteiger partial charge in [0.15, 0.2) is 0 Å². The highest BCUT2D eigenvalue weighted by Crippen LogP contribution is 2.60. The van der Waals surface area contributed by atoms with Gasteiger partial charge in [0.05, 0.1) is 0 Å². The molecule has 1 rings (SSSR count). The Morgan fingerprint density at radius 1 is 0.742 bits per heavy atom. The Hall–Kier alpha value is -1.62. The van der Waals surface area contributed by atoms with E-state index in [0.717, 1.165) is 0 Å². The first-order valence-electron chi connectivity index (χ1n) is 7.64. The average molecular weight is 499 g/mol. The molecule has 186 valence electrons. The summed E-state index contributed by atoms with van der Waals surface area (Å²) in [5.74, 6) is -51.5. The zero-order valence-electron chi connectivity index (χ0n) is 14.8. The van der Waals surface area contributed by atoms with E-state index in [-0.39, 0.29) is 0 Å². The predicted octanol–water partition coefficient (Wildman–Crippen LogP) is 5.20. The van der Waals surface area contributed by atoms with Crippen LogP contribution in [0.4, 0.5) is 66.0 Å². The van der Waals surface area contributed by atoms with Crippen molar-refractivity contribution in [3.05, 3.63) is 0 Å². The molecular weight excluding hydrogens is 487 g/mol. The summed E-state index contributed by atoms with van der Waals surface area (Å²) in [6.07, 6.45) is -3.00. The number of carbonyl (C=O) groups excluding carboxylic acids is 1. The van der Waals surface area contributed by atoms with Gasteiger partial charge >= 0.3 is 47.9 Å². The fourth-order valence-corrected chi connectivity index (χ4v) is 1.99. The second-order valence-electron chi connectivity index (χ2n) is 6.17. The van der Waals surface area contributed by atoms with E-state index < -0.39 is 47.9 Å². The first kappa shape index (κ1) is 29.4. The van der Waals surface area contributed by atoms with E-state index in [4.69, 9.17) is 0 Å². The summed E-state index contributed by atoms with van der Waals surface area (Å²) < 4.78 is 187. The van der Waals surface area contributed by atoms with Crippen molar-refractivity contribution in [2.45, 2.75) is 54.8 Å². The van der Waals surface area contributed by atoms with Gasteiger partial charge in [0, 0.05) is 4.53 Å². The summed E-state index contributed by atoms with van der Waals surface area (Å²) >= 11 is 0. The molecule has 0 bridgehead atoms. The fourth-order valence-electron chi connectivity index (χ4n) is 1.99. The maximum Gasteiger partial charge on any atom is 0.424 e. The largest absolute Gasteiger partial charge is 0.424 e. The highest BCUT2D eigenvalue weighted by atomic mass is 19.4. The van der Waals surface area contributed by atoms with E-state index in [9.17, 15) is 70.8 Å².